The van der Waals surface area contributed by atoms with Gasteiger partial charge in [-0.1, -0.05) is 24.6 Å². The van der Waals surface area contributed by atoms with Crippen molar-refractivity contribution in [3.05, 3.63) is 47.3 Å². The first-order chi connectivity index (χ1) is 14.1. The molecule has 3 N–H and O–H groups in total. The summed E-state index contributed by atoms with van der Waals surface area (Å²) in [7, 11) is 0. The van der Waals surface area contributed by atoms with Crippen LogP contribution in [0.1, 0.15) is 41.8 Å². The van der Waals surface area contributed by atoms with Crippen LogP contribution in [0.2, 0.25) is 0 Å². The van der Waals surface area contributed by atoms with Crippen molar-refractivity contribution in [1.29, 1.82) is 0 Å². The van der Waals surface area contributed by atoms with Crippen molar-refractivity contribution < 1.29 is 14.4 Å². The number of para-hydroxylation sites is 1. The molecular formula is C21H26N4O3S. The molecule has 0 bridgehead atoms. The summed E-state index contributed by atoms with van der Waals surface area (Å²) in [6, 6.07) is 12.2. The zero-order chi connectivity index (χ0) is 20.5. The number of urea groups is 1. The lowest BCUT2D eigenvalue weighted by Gasteiger charge is -2.20. The summed E-state index contributed by atoms with van der Waals surface area (Å²) in [5, 5.41) is 8.94. The van der Waals surface area contributed by atoms with E-state index in [1.165, 1.54) is 11.3 Å². The van der Waals surface area contributed by atoms with E-state index in [4.69, 9.17) is 0 Å². The van der Waals surface area contributed by atoms with E-state index in [2.05, 4.69) is 16.0 Å². The van der Waals surface area contributed by atoms with Crippen molar-refractivity contribution in [3.8, 4) is 0 Å². The van der Waals surface area contributed by atoms with Gasteiger partial charge in [0.05, 0.1) is 9.88 Å². The van der Waals surface area contributed by atoms with E-state index in [0.717, 1.165) is 32.2 Å². The molecule has 0 radical (unpaired) electrons. The Hall–Kier alpha value is -2.87. The Morgan fingerprint density at radius 3 is 2.66 bits per heavy atom. The van der Waals surface area contributed by atoms with Gasteiger partial charge in [-0.3, -0.25) is 14.9 Å². The Morgan fingerprint density at radius 1 is 1.00 bits per heavy atom. The molecule has 0 spiro atoms. The van der Waals surface area contributed by atoms with Crippen LogP contribution in [0.25, 0.3) is 0 Å². The van der Waals surface area contributed by atoms with E-state index >= 15 is 0 Å². The molecule has 1 saturated heterocycles. The number of carbonyl (C=O) groups is 3. The minimum absolute atomic E-state index is 0.172. The second kappa shape index (κ2) is 10.6. The van der Waals surface area contributed by atoms with Gasteiger partial charge in [0.1, 0.15) is 0 Å². The highest BCUT2D eigenvalue weighted by molar-refractivity contribution is 7.18. The lowest BCUT2D eigenvalue weighted by Crippen LogP contribution is -2.33. The third-order valence-electron chi connectivity index (χ3n) is 4.66. The fourth-order valence-electron chi connectivity index (χ4n) is 3.16. The molecule has 8 heteroatoms. The van der Waals surface area contributed by atoms with Crippen LogP contribution in [0.3, 0.4) is 0 Å². The van der Waals surface area contributed by atoms with Gasteiger partial charge in [-0.25, -0.2) is 4.79 Å². The average molecular weight is 415 g/mol. The van der Waals surface area contributed by atoms with Crippen LogP contribution in [-0.4, -0.2) is 42.4 Å². The van der Waals surface area contributed by atoms with Crippen LogP contribution < -0.4 is 16.0 Å². The lowest BCUT2D eigenvalue weighted by molar-refractivity contribution is -0.130. The molecule has 7 nitrogen and oxygen atoms in total. The van der Waals surface area contributed by atoms with E-state index in [1.54, 1.807) is 24.3 Å². The number of amides is 4. The van der Waals surface area contributed by atoms with Crippen LogP contribution in [-0.2, 0) is 4.79 Å². The predicted molar refractivity (Wildman–Crippen MR) is 115 cm³/mol. The van der Waals surface area contributed by atoms with Crippen molar-refractivity contribution in [2.75, 3.05) is 30.3 Å². The van der Waals surface area contributed by atoms with Crippen LogP contribution >= 0.6 is 11.3 Å². The van der Waals surface area contributed by atoms with Crippen molar-refractivity contribution in [2.24, 2.45) is 0 Å². The Labute approximate surface area is 174 Å². The molecule has 1 aliphatic rings. The molecular weight excluding hydrogens is 388 g/mol. The number of anilines is 2. The summed E-state index contributed by atoms with van der Waals surface area (Å²) in [6.45, 7) is 2.01. The molecule has 0 atom stereocenters. The Morgan fingerprint density at radius 2 is 1.83 bits per heavy atom. The monoisotopic (exact) mass is 414 g/mol. The molecule has 0 aliphatic carbocycles. The summed E-state index contributed by atoms with van der Waals surface area (Å²) in [5.41, 5.74) is 0.697. The Kier molecular flexibility index (Phi) is 7.63. The number of benzene rings is 1. The minimum Gasteiger partial charge on any atom is -0.351 e. The summed E-state index contributed by atoms with van der Waals surface area (Å²) in [6.07, 6.45) is 4.50. The molecule has 2 aromatic rings. The zero-order valence-corrected chi connectivity index (χ0v) is 17.1. The van der Waals surface area contributed by atoms with E-state index < -0.39 is 0 Å². The van der Waals surface area contributed by atoms with Gasteiger partial charge < -0.3 is 15.5 Å². The third-order valence-corrected chi connectivity index (χ3v) is 5.66. The first-order valence-electron chi connectivity index (χ1n) is 9.91. The summed E-state index contributed by atoms with van der Waals surface area (Å²) < 4.78 is 0. The average Bonchev–Trinajstić information content (AvgIpc) is 3.08. The van der Waals surface area contributed by atoms with Crippen molar-refractivity contribution in [2.45, 2.75) is 32.1 Å². The number of hydrogen-bond acceptors (Lipinski definition) is 4. The molecule has 1 aromatic heterocycles. The van der Waals surface area contributed by atoms with E-state index in [1.807, 2.05) is 23.1 Å². The summed E-state index contributed by atoms with van der Waals surface area (Å²) in [5.74, 6) is 0.0466. The van der Waals surface area contributed by atoms with Crippen molar-refractivity contribution in [3.63, 3.8) is 0 Å². The second-order valence-corrected chi connectivity index (χ2v) is 7.99. The molecule has 1 aromatic carbocycles. The highest BCUT2D eigenvalue weighted by atomic mass is 32.1. The van der Waals surface area contributed by atoms with Gasteiger partial charge >= 0.3 is 6.03 Å². The highest BCUT2D eigenvalue weighted by Gasteiger charge is 2.16. The van der Waals surface area contributed by atoms with E-state index in [0.29, 0.717) is 35.1 Å². The maximum absolute atomic E-state index is 12.3. The molecule has 3 rings (SSSR count). The molecule has 4 amide bonds. The number of thiophene rings is 1. The molecule has 0 saturated carbocycles. The first-order valence-corrected chi connectivity index (χ1v) is 10.7. The number of hydrogen-bond donors (Lipinski definition) is 3. The third kappa shape index (κ3) is 6.60. The van der Waals surface area contributed by atoms with Crippen molar-refractivity contribution in [1.82, 2.24) is 10.2 Å². The Balaban J connectivity index is 1.39. The number of nitrogens with one attached hydrogen (secondary N) is 3. The number of nitrogens with zero attached hydrogens (tertiary/aromatic N) is 1. The molecule has 1 aliphatic heterocycles. The fraction of sp³-hybridized carbons (Fsp3) is 0.381. The van der Waals surface area contributed by atoms with Crippen LogP contribution in [0.4, 0.5) is 15.5 Å². The van der Waals surface area contributed by atoms with Crippen LogP contribution in [0, 0.1) is 0 Å². The van der Waals surface area contributed by atoms with Gasteiger partial charge in [-0.05, 0) is 43.5 Å². The van der Waals surface area contributed by atoms with Gasteiger partial charge in [0.25, 0.3) is 5.91 Å². The normalized spacial score (nSPS) is 14.2. The highest BCUT2D eigenvalue weighted by Crippen LogP contribution is 2.22. The molecule has 0 unspecified atom stereocenters. The maximum Gasteiger partial charge on any atom is 0.324 e. The first kappa shape index (κ1) is 20.9. The Bertz CT molecular complexity index is 837. The van der Waals surface area contributed by atoms with Gasteiger partial charge in [0.2, 0.25) is 5.91 Å². The number of rotatable bonds is 7. The lowest BCUT2D eigenvalue weighted by atomic mass is 10.2. The standard InChI is InChI=1S/C21H26N4O3S/c26-19-10-5-2-6-14-25(19)15-7-13-22-20(27)17-11-12-18(29-17)24-21(28)23-16-8-3-1-4-9-16/h1,3-4,8-9,11-12H,2,5-7,10,13-15H2,(H,22,27)(H2,23,24,28). The fourth-order valence-corrected chi connectivity index (χ4v) is 3.97. The molecule has 2 heterocycles. The smallest absolute Gasteiger partial charge is 0.324 e. The molecule has 1 fully saturated rings. The number of likely N-dealkylation sites (tertiary alicyclic amines) is 1. The van der Waals surface area contributed by atoms with Gasteiger partial charge in [0, 0.05) is 31.7 Å². The summed E-state index contributed by atoms with van der Waals surface area (Å²) >= 11 is 1.22. The van der Waals surface area contributed by atoms with E-state index in [-0.39, 0.29) is 17.8 Å². The summed E-state index contributed by atoms with van der Waals surface area (Å²) in [4.78, 5) is 38.7. The second-order valence-electron chi connectivity index (χ2n) is 6.91. The van der Waals surface area contributed by atoms with Gasteiger partial charge in [-0.2, -0.15) is 0 Å². The van der Waals surface area contributed by atoms with Gasteiger partial charge in [-0.15, -0.1) is 11.3 Å². The largest absolute Gasteiger partial charge is 0.351 e. The van der Waals surface area contributed by atoms with E-state index in [9.17, 15) is 14.4 Å². The van der Waals surface area contributed by atoms with Gasteiger partial charge in [0.15, 0.2) is 0 Å². The minimum atomic E-state index is -0.355. The quantitative estimate of drug-likeness (QED) is 0.600. The topological polar surface area (TPSA) is 90.5 Å². The maximum atomic E-state index is 12.3. The molecule has 154 valence electrons. The van der Waals surface area contributed by atoms with Crippen molar-refractivity contribution >= 4 is 39.9 Å². The SMILES string of the molecule is O=C(Nc1ccccc1)Nc1ccc(C(=O)NCCCN2CCCCCC2=O)s1. The number of carbonyl (C=O) groups excluding carboxylic acids is 3. The van der Waals surface area contributed by atoms with Crippen LogP contribution in [0.5, 0.6) is 0 Å². The zero-order valence-electron chi connectivity index (χ0n) is 16.3. The molecule has 29 heavy (non-hydrogen) atoms. The van der Waals surface area contributed by atoms with Crippen LogP contribution in [0.15, 0.2) is 42.5 Å². The predicted octanol–water partition coefficient (Wildman–Crippen LogP) is 3.91.